The van der Waals surface area contributed by atoms with Gasteiger partial charge in [0, 0.05) is 17.8 Å². The van der Waals surface area contributed by atoms with Gasteiger partial charge in [0.15, 0.2) is 0 Å². The Morgan fingerprint density at radius 2 is 2.06 bits per heavy atom. The lowest BCUT2D eigenvalue weighted by Gasteiger charge is -2.21. The van der Waals surface area contributed by atoms with Gasteiger partial charge in [-0.05, 0) is 37.0 Å². The van der Waals surface area contributed by atoms with Gasteiger partial charge < -0.3 is 11.1 Å². The Morgan fingerprint density at radius 1 is 1.29 bits per heavy atom. The van der Waals surface area contributed by atoms with E-state index in [9.17, 15) is 4.79 Å². The molecule has 3 N–H and O–H groups in total. The average Bonchev–Trinajstić information content (AvgIpc) is 2.37. The van der Waals surface area contributed by atoms with Crippen molar-refractivity contribution in [2.24, 2.45) is 5.92 Å². The second-order valence-corrected chi connectivity index (χ2v) is 4.84. The topological polar surface area (TPSA) is 55.1 Å². The second kappa shape index (κ2) is 5.71. The second-order valence-electron chi connectivity index (χ2n) is 4.84. The molecule has 0 unspecified atom stereocenters. The van der Waals surface area contributed by atoms with Gasteiger partial charge in [0.1, 0.15) is 0 Å². The van der Waals surface area contributed by atoms with Gasteiger partial charge in [-0.2, -0.15) is 0 Å². The number of amides is 1. The highest BCUT2D eigenvalue weighted by atomic mass is 16.1. The van der Waals surface area contributed by atoms with Gasteiger partial charge in [0.25, 0.3) is 5.91 Å². The maximum absolute atomic E-state index is 11.9. The van der Waals surface area contributed by atoms with Crippen LogP contribution in [0.25, 0.3) is 0 Å². The van der Waals surface area contributed by atoms with Crippen LogP contribution in [0.1, 0.15) is 42.5 Å². The van der Waals surface area contributed by atoms with Crippen molar-refractivity contribution in [1.82, 2.24) is 5.32 Å². The quantitative estimate of drug-likeness (QED) is 0.787. The number of nitrogens with two attached hydrogens (primary N) is 1. The Hall–Kier alpha value is -1.51. The molecule has 1 fully saturated rings. The molecule has 1 aromatic carbocycles. The van der Waals surface area contributed by atoms with Crippen LogP contribution in [0.5, 0.6) is 0 Å². The highest BCUT2D eigenvalue weighted by Gasteiger charge is 2.14. The first-order valence-corrected chi connectivity index (χ1v) is 6.39. The normalized spacial score (nSPS) is 16.7. The number of rotatable bonds is 3. The van der Waals surface area contributed by atoms with Crippen molar-refractivity contribution in [3.63, 3.8) is 0 Å². The Labute approximate surface area is 102 Å². The predicted molar refractivity (Wildman–Crippen MR) is 69.8 cm³/mol. The fourth-order valence-corrected chi connectivity index (χ4v) is 2.41. The summed E-state index contributed by atoms with van der Waals surface area (Å²) in [5.41, 5.74) is 6.94. The number of hydrogen-bond donors (Lipinski definition) is 2. The van der Waals surface area contributed by atoms with Crippen LogP contribution in [0.15, 0.2) is 24.3 Å². The molecule has 0 aromatic heterocycles. The van der Waals surface area contributed by atoms with Crippen LogP contribution in [0, 0.1) is 5.92 Å². The number of benzene rings is 1. The van der Waals surface area contributed by atoms with E-state index < -0.39 is 0 Å². The van der Waals surface area contributed by atoms with Gasteiger partial charge in [0.05, 0.1) is 0 Å². The van der Waals surface area contributed by atoms with Gasteiger partial charge in [-0.25, -0.2) is 0 Å². The lowest BCUT2D eigenvalue weighted by Crippen LogP contribution is -2.30. The molecule has 1 amide bonds. The molecule has 0 atom stereocenters. The van der Waals surface area contributed by atoms with E-state index in [2.05, 4.69) is 5.32 Å². The first-order chi connectivity index (χ1) is 8.25. The summed E-state index contributed by atoms with van der Waals surface area (Å²) < 4.78 is 0. The van der Waals surface area contributed by atoms with Crippen LogP contribution in [0.2, 0.25) is 0 Å². The number of nitrogen functional groups attached to an aromatic ring is 1. The van der Waals surface area contributed by atoms with Crippen molar-refractivity contribution in [3.05, 3.63) is 29.8 Å². The van der Waals surface area contributed by atoms with Gasteiger partial charge in [-0.15, -0.1) is 0 Å². The van der Waals surface area contributed by atoms with Gasteiger partial charge in [-0.3, -0.25) is 4.79 Å². The fraction of sp³-hybridized carbons (Fsp3) is 0.500. The lowest BCUT2D eigenvalue weighted by atomic mass is 9.89. The number of carbonyl (C=O) groups excluding carboxylic acids is 1. The standard InChI is InChI=1S/C14H20N2O/c15-13-8-4-7-12(9-13)14(17)16-10-11-5-2-1-3-6-11/h4,7-9,11H,1-3,5-6,10,15H2,(H,16,17). The van der Waals surface area contributed by atoms with E-state index in [-0.39, 0.29) is 5.91 Å². The first kappa shape index (κ1) is 12.0. The largest absolute Gasteiger partial charge is 0.399 e. The van der Waals surface area contributed by atoms with E-state index in [4.69, 9.17) is 5.73 Å². The van der Waals surface area contributed by atoms with Crippen LogP contribution in [-0.4, -0.2) is 12.5 Å². The lowest BCUT2D eigenvalue weighted by molar-refractivity contribution is 0.0943. The van der Waals surface area contributed by atoms with Gasteiger partial charge in [-0.1, -0.05) is 25.3 Å². The monoisotopic (exact) mass is 232 g/mol. The highest BCUT2D eigenvalue weighted by molar-refractivity contribution is 5.94. The summed E-state index contributed by atoms with van der Waals surface area (Å²) in [6.45, 7) is 0.799. The third-order valence-electron chi connectivity index (χ3n) is 3.42. The van der Waals surface area contributed by atoms with Crippen molar-refractivity contribution in [2.75, 3.05) is 12.3 Å². The molecule has 3 nitrogen and oxygen atoms in total. The molecule has 0 spiro atoms. The molecule has 0 saturated heterocycles. The summed E-state index contributed by atoms with van der Waals surface area (Å²) in [7, 11) is 0. The van der Waals surface area contributed by atoms with Crippen molar-refractivity contribution in [1.29, 1.82) is 0 Å². The average molecular weight is 232 g/mol. The SMILES string of the molecule is Nc1cccc(C(=O)NCC2CCCCC2)c1. The molecular formula is C14H20N2O. The Kier molecular flexibility index (Phi) is 4.02. The molecule has 3 heteroatoms. The number of nitrogens with one attached hydrogen (secondary N) is 1. The number of carbonyl (C=O) groups is 1. The summed E-state index contributed by atoms with van der Waals surface area (Å²) in [6.07, 6.45) is 6.45. The molecule has 0 aliphatic heterocycles. The van der Waals surface area contributed by atoms with Gasteiger partial charge in [0.2, 0.25) is 0 Å². The minimum Gasteiger partial charge on any atom is -0.399 e. The zero-order valence-corrected chi connectivity index (χ0v) is 10.1. The number of anilines is 1. The Balaban J connectivity index is 1.84. The van der Waals surface area contributed by atoms with Crippen molar-refractivity contribution in [3.8, 4) is 0 Å². The van der Waals surface area contributed by atoms with E-state index in [1.165, 1.54) is 32.1 Å². The van der Waals surface area contributed by atoms with E-state index >= 15 is 0 Å². The highest BCUT2D eigenvalue weighted by Crippen LogP contribution is 2.22. The summed E-state index contributed by atoms with van der Waals surface area (Å²) in [5, 5.41) is 3.00. The number of hydrogen-bond acceptors (Lipinski definition) is 2. The molecule has 92 valence electrons. The molecule has 1 aliphatic rings. The summed E-state index contributed by atoms with van der Waals surface area (Å²) in [6, 6.07) is 7.12. The van der Waals surface area contributed by atoms with Crippen LogP contribution in [0.3, 0.4) is 0 Å². The van der Waals surface area contributed by atoms with Gasteiger partial charge >= 0.3 is 0 Å². The van der Waals surface area contributed by atoms with Crippen LogP contribution >= 0.6 is 0 Å². The summed E-state index contributed by atoms with van der Waals surface area (Å²) in [4.78, 5) is 11.9. The van der Waals surface area contributed by atoms with E-state index in [1.807, 2.05) is 6.07 Å². The fourth-order valence-electron chi connectivity index (χ4n) is 2.41. The smallest absolute Gasteiger partial charge is 0.251 e. The van der Waals surface area contributed by atoms with E-state index in [0.717, 1.165) is 6.54 Å². The zero-order chi connectivity index (χ0) is 12.1. The van der Waals surface area contributed by atoms with Crippen molar-refractivity contribution >= 4 is 11.6 Å². The molecule has 0 bridgehead atoms. The molecule has 1 aromatic rings. The third kappa shape index (κ3) is 3.48. The molecule has 0 radical (unpaired) electrons. The summed E-state index contributed by atoms with van der Waals surface area (Å²) in [5.74, 6) is 0.650. The molecule has 17 heavy (non-hydrogen) atoms. The minimum atomic E-state index is -0.0112. The van der Waals surface area contributed by atoms with E-state index in [0.29, 0.717) is 17.2 Å². The molecule has 2 rings (SSSR count). The van der Waals surface area contributed by atoms with E-state index in [1.54, 1.807) is 18.2 Å². The predicted octanol–water partition coefficient (Wildman–Crippen LogP) is 2.58. The molecule has 1 saturated carbocycles. The minimum absolute atomic E-state index is 0.0112. The molecule has 1 aliphatic carbocycles. The first-order valence-electron chi connectivity index (χ1n) is 6.39. The van der Waals surface area contributed by atoms with Crippen molar-refractivity contribution in [2.45, 2.75) is 32.1 Å². The van der Waals surface area contributed by atoms with Crippen LogP contribution in [-0.2, 0) is 0 Å². The zero-order valence-electron chi connectivity index (χ0n) is 10.1. The Morgan fingerprint density at radius 3 is 2.76 bits per heavy atom. The Bertz CT molecular complexity index is 384. The van der Waals surface area contributed by atoms with Crippen molar-refractivity contribution < 1.29 is 4.79 Å². The summed E-state index contributed by atoms with van der Waals surface area (Å²) >= 11 is 0. The molecule has 0 heterocycles. The van der Waals surface area contributed by atoms with Crippen LogP contribution in [0.4, 0.5) is 5.69 Å². The third-order valence-corrected chi connectivity index (χ3v) is 3.42. The molecular weight excluding hydrogens is 212 g/mol. The van der Waals surface area contributed by atoms with Crippen LogP contribution < -0.4 is 11.1 Å². The maximum atomic E-state index is 11.9. The maximum Gasteiger partial charge on any atom is 0.251 e.